The number of hydrogen-bond acceptors (Lipinski definition) is 9. The highest BCUT2D eigenvalue weighted by atomic mass is 15.6. The lowest BCUT2D eigenvalue weighted by Gasteiger charge is -2.35. The minimum Gasteiger partial charge on any atom is -0.369 e. The Balaban J connectivity index is 1.26. The number of piperazine rings is 2. The normalized spacial score (nSPS) is 16.6. The lowest BCUT2D eigenvalue weighted by molar-refractivity contribution is 0.313. The van der Waals surface area contributed by atoms with Crippen LogP contribution in [0.2, 0.25) is 0 Å². The number of aryl methyl sites for hydroxylation is 1. The third-order valence-electron chi connectivity index (χ3n) is 8.50. The zero-order valence-electron chi connectivity index (χ0n) is 25.1. The number of hydrogen-bond donors (Lipinski definition) is 1. The Morgan fingerprint density at radius 2 is 1.40 bits per heavy atom. The second kappa shape index (κ2) is 11.6. The molecule has 2 fully saturated rings. The molecule has 5 aromatic rings. The number of anilines is 5. The topological polar surface area (TPSA) is 76.2 Å². The first kappa shape index (κ1) is 27.2. The summed E-state index contributed by atoms with van der Waals surface area (Å²) in [5.74, 6) is 0.550. The Morgan fingerprint density at radius 1 is 0.721 bits per heavy atom. The van der Waals surface area contributed by atoms with Crippen molar-refractivity contribution >= 4 is 34.2 Å². The molecule has 2 aliphatic rings. The molecule has 5 heterocycles. The predicted octanol–water partition coefficient (Wildman–Crippen LogP) is 3.80. The number of benzene rings is 2. The third-order valence-corrected chi connectivity index (χ3v) is 8.50. The molecule has 0 radical (unpaired) electrons. The molecule has 0 bridgehead atoms. The van der Waals surface area contributed by atoms with Crippen molar-refractivity contribution in [1.29, 1.82) is 0 Å². The van der Waals surface area contributed by atoms with Crippen LogP contribution in [0.15, 0.2) is 79.3 Å². The van der Waals surface area contributed by atoms with Crippen molar-refractivity contribution in [3.63, 3.8) is 0 Å². The van der Waals surface area contributed by atoms with Gasteiger partial charge in [0.05, 0.1) is 35.0 Å². The number of rotatable bonds is 7. The number of hydrazine groups is 1. The Hall–Kier alpha value is -4.61. The van der Waals surface area contributed by atoms with Crippen LogP contribution in [-0.2, 0) is 7.05 Å². The second-order valence-electron chi connectivity index (χ2n) is 11.6. The van der Waals surface area contributed by atoms with Gasteiger partial charge in [0.15, 0.2) is 0 Å². The molecular weight excluding hydrogens is 538 g/mol. The van der Waals surface area contributed by atoms with Gasteiger partial charge in [-0.3, -0.25) is 10.1 Å². The molecule has 11 heteroatoms. The summed E-state index contributed by atoms with van der Waals surface area (Å²) in [6, 6.07) is 21.4. The Morgan fingerprint density at radius 3 is 2.07 bits per heavy atom. The highest BCUT2D eigenvalue weighted by Gasteiger charge is 2.20. The molecule has 3 aromatic heterocycles. The van der Waals surface area contributed by atoms with Gasteiger partial charge in [-0.15, -0.1) is 5.10 Å². The van der Waals surface area contributed by atoms with Crippen LogP contribution in [0.25, 0.3) is 16.8 Å². The molecule has 0 aliphatic carbocycles. The predicted molar refractivity (Wildman–Crippen MR) is 173 cm³/mol. The zero-order chi connectivity index (χ0) is 29.3. The number of aromatic nitrogens is 5. The molecule has 2 saturated heterocycles. The molecule has 11 nitrogen and oxygen atoms in total. The van der Waals surface area contributed by atoms with Crippen molar-refractivity contribution in [3.05, 3.63) is 79.3 Å². The van der Waals surface area contributed by atoms with Gasteiger partial charge in [0, 0.05) is 82.5 Å². The van der Waals surface area contributed by atoms with E-state index in [0.717, 1.165) is 80.5 Å². The van der Waals surface area contributed by atoms with Crippen LogP contribution in [0.5, 0.6) is 0 Å². The highest BCUT2D eigenvalue weighted by molar-refractivity contribution is 5.71. The van der Waals surface area contributed by atoms with Crippen molar-refractivity contribution in [2.75, 3.05) is 86.7 Å². The minimum atomic E-state index is 0.550. The van der Waals surface area contributed by atoms with Gasteiger partial charge >= 0.3 is 0 Å². The summed E-state index contributed by atoms with van der Waals surface area (Å²) in [5.41, 5.74) is 10.9. The molecule has 7 rings (SSSR count). The van der Waals surface area contributed by atoms with Crippen molar-refractivity contribution < 1.29 is 0 Å². The van der Waals surface area contributed by atoms with E-state index >= 15 is 0 Å². The van der Waals surface area contributed by atoms with Crippen LogP contribution < -0.4 is 20.2 Å². The van der Waals surface area contributed by atoms with Gasteiger partial charge in [0.1, 0.15) is 0 Å². The zero-order valence-corrected chi connectivity index (χ0v) is 25.1. The molecule has 2 aliphatic heterocycles. The van der Waals surface area contributed by atoms with E-state index in [4.69, 9.17) is 10.1 Å². The molecule has 0 unspecified atom stereocenters. The molecule has 0 amide bonds. The minimum absolute atomic E-state index is 0.550. The fraction of sp³-hybridized carbons (Fsp3) is 0.344. The van der Waals surface area contributed by atoms with Crippen LogP contribution >= 0.6 is 0 Å². The van der Waals surface area contributed by atoms with E-state index in [-0.39, 0.29) is 0 Å². The van der Waals surface area contributed by atoms with Crippen molar-refractivity contribution in [3.8, 4) is 11.3 Å². The van der Waals surface area contributed by atoms with Gasteiger partial charge in [-0.25, -0.2) is 14.5 Å². The maximum absolute atomic E-state index is 5.06. The first-order chi connectivity index (χ1) is 21.0. The second-order valence-corrected chi connectivity index (χ2v) is 11.6. The van der Waals surface area contributed by atoms with E-state index in [0.29, 0.717) is 5.95 Å². The number of likely N-dealkylation sites (N-methyl/N-ethyl adjacent to an activating group) is 2. The van der Waals surface area contributed by atoms with Gasteiger partial charge in [0.2, 0.25) is 0 Å². The Labute approximate surface area is 252 Å². The maximum Gasteiger partial charge on any atom is 0.267 e. The SMILES string of the molecule is CN1CCN(c2cccc(NN(c3cccc(N4CCN(C)CC4)c3)c3ncc4ccc(-c5cnn(C)c5)n4n3)c2)CC1. The largest absolute Gasteiger partial charge is 0.369 e. The monoisotopic (exact) mass is 577 g/mol. The van der Waals surface area contributed by atoms with Crippen LogP contribution in [0.3, 0.4) is 0 Å². The summed E-state index contributed by atoms with van der Waals surface area (Å²) >= 11 is 0. The van der Waals surface area contributed by atoms with Crippen LogP contribution in [0.1, 0.15) is 0 Å². The average Bonchev–Trinajstić information content (AvgIpc) is 3.66. The van der Waals surface area contributed by atoms with Gasteiger partial charge in [-0.05, 0) is 62.6 Å². The Kier molecular flexibility index (Phi) is 7.33. The molecule has 1 N–H and O–H groups in total. The first-order valence-corrected chi connectivity index (χ1v) is 15.0. The van der Waals surface area contributed by atoms with Gasteiger partial charge in [0.25, 0.3) is 5.95 Å². The third kappa shape index (κ3) is 5.73. The molecular formula is C32H39N11. The Bertz CT molecular complexity index is 1690. The number of nitrogens with one attached hydrogen (secondary N) is 1. The highest BCUT2D eigenvalue weighted by Crippen LogP contribution is 2.30. The summed E-state index contributed by atoms with van der Waals surface area (Å²) in [7, 11) is 6.30. The fourth-order valence-corrected chi connectivity index (χ4v) is 5.86. The standard InChI is InChI=1S/C32H39N11/c1-37-12-16-40(17-13-37)27-7-4-6-26(20-27)35-43(29-9-5-8-28(21-29)41-18-14-38(2)15-19-41)32-33-23-30-10-11-31(42(30)36-32)25-22-34-39(3)24-25/h4-11,20-24,35H,12-19H2,1-3H3. The fourth-order valence-electron chi connectivity index (χ4n) is 5.86. The van der Waals surface area contributed by atoms with Crippen molar-refractivity contribution in [2.45, 2.75) is 0 Å². The quantitative estimate of drug-likeness (QED) is 0.291. The summed E-state index contributed by atoms with van der Waals surface area (Å²) in [6.07, 6.45) is 5.74. The lowest BCUT2D eigenvalue weighted by atomic mass is 10.2. The summed E-state index contributed by atoms with van der Waals surface area (Å²) in [5, 5.41) is 11.4. The van der Waals surface area contributed by atoms with Gasteiger partial charge < -0.3 is 19.6 Å². The maximum atomic E-state index is 5.06. The van der Waals surface area contributed by atoms with Crippen molar-refractivity contribution in [1.82, 2.24) is 34.2 Å². The van der Waals surface area contributed by atoms with E-state index in [1.54, 1.807) is 0 Å². The lowest BCUT2D eigenvalue weighted by Crippen LogP contribution is -2.44. The smallest absolute Gasteiger partial charge is 0.267 e. The van der Waals surface area contributed by atoms with Crippen LogP contribution in [0, 0.1) is 0 Å². The molecule has 0 spiro atoms. The van der Waals surface area contributed by atoms with E-state index in [1.165, 1.54) is 11.4 Å². The summed E-state index contributed by atoms with van der Waals surface area (Å²) in [6.45, 7) is 8.26. The van der Waals surface area contributed by atoms with E-state index in [9.17, 15) is 0 Å². The molecule has 0 atom stereocenters. The molecule has 0 saturated carbocycles. The molecule has 2 aromatic carbocycles. The first-order valence-electron chi connectivity index (χ1n) is 15.0. The van der Waals surface area contributed by atoms with Gasteiger partial charge in [-0.2, -0.15) is 5.10 Å². The average molecular weight is 578 g/mol. The number of fused-ring (bicyclic) bond motifs is 1. The van der Waals surface area contributed by atoms with E-state index in [2.05, 4.69) is 98.8 Å². The summed E-state index contributed by atoms with van der Waals surface area (Å²) < 4.78 is 3.75. The van der Waals surface area contributed by atoms with Gasteiger partial charge in [-0.1, -0.05) is 12.1 Å². The molecule has 222 valence electrons. The van der Waals surface area contributed by atoms with Crippen molar-refractivity contribution in [2.24, 2.45) is 7.05 Å². The van der Waals surface area contributed by atoms with Crippen LogP contribution in [-0.4, -0.2) is 101 Å². The van der Waals surface area contributed by atoms with Crippen LogP contribution in [0.4, 0.5) is 28.7 Å². The molecule has 43 heavy (non-hydrogen) atoms. The number of nitrogens with zero attached hydrogens (tertiary/aromatic N) is 10. The van der Waals surface area contributed by atoms with E-state index < -0.39 is 0 Å². The summed E-state index contributed by atoms with van der Waals surface area (Å²) in [4.78, 5) is 14.5. The van der Waals surface area contributed by atoms with E-state index in [1.807, 2.05) is 45.9 Å².